The normalized spacial score (nSPS) is 17.3. The number of hydrogen-bond acceptors (Lipinski definition) is 5. The zero-order valence-corrected chi connectivity index (χ0v) is 17.6. The molecule has 1 saturated heterocycles. The van der Waals surface area contributed by atoms with Crippen LogP contribution < -0.4 is 15.5 Å². The average molecular weight is 428 g/mol. The van der Waals surface area contributed by atoms with Crippen LogP contribution in [0.5, 0.6) is 0 Å². The molecule has 31 heavy (non-hydrogen) atoms. The number of fused-ring (bicyclic) bond motifs is 1. The highest BCUT2D eigenvalue weighted by Crippen LogP contribution is 2.37. The van der Waals surface area contributed by atoms with Gasteiger partial charge in [-0.3, -0.25) is 4.79 Å². The van der Waals surface area contributed by atoms with Crippen LogP contribution in [0.3, 0.4) is 0 Å². The van der Waals surface area contributed by atoms with E-state index in [2.05, 4.69) is 15.7 Å². The zero-order chi connectivity index (χ0) is 22.0. The Bertz CT molecular complexity index is 1090. The number of rotatable bonds is 7. The molecule has 2 aromatic heterocycles. The van der Waals surface area contributed by atoms with Crippen molar-refractivity contribution in [1.82, 2.24) is 19.9 Å². The molecule has 1 amide bonds. The lowest BCUT2D eigenvalue weighted by atomic mass is 10.0. The summed E-state index contributed by atoms with van der Waals surface area (Å²) in [5.74, 6) is -0.424. The van der Waals surface area contributed by atoms with Gasteiger partial charge in [0.2, 0.25) is 5.91 Å². The Morgan fingerprint density at radius 3 is 2.97 bits per heavy atom. The standard InChI is InChI=1S/C22H26F2N6O/c1-3-9-25-14(2)22(31)27-18-13-26-30-11-8-20(28-21(18)30)29-10-4-5-19(29)16-12-15(23)6-7-17(16)24/h6-8,11-14,19,25H,3-5,9-10H2,1-2H3,(H,27,31)/t14?,19-/m1/s1. The van der Waals surface area contributed by atoms with Crippen molar-refractivity contribution >= 4 is 23.1 Å². The molecular formula is C22H26F2N6O. The molecule has 1 aliphatic heterocycles. The van der Waals surface area contributed by atoms with Crippen LogP contribution in [0.25, 0.3) is 5.65 Å². The largest absolute Gasteiger partial charge is 0.349 e. The van der Waals surface area contributed by atoms with E-state index in [1.807, 2.05) is 11.8 Å². The van der Waals surface area contributed by atoms with Crippen LogP contribution in [0.1, 0.15) is 44.7 Å². The predicted molar refractivity (Wildman–Crippen MR) is 115 cm³/mol. The Morgan fingerprint density at radius 2 is 2.16 bits per heavy atom. The average Bonchev–Trinajstić information content (AvgIpc) is 3.40. The fraction of sp³-hybridized carbons (Fsp3) is 0.409. The van der Waals surface area contributed by atoms with E-state index in [9.17, 15) is 13.6 Å². The van der Waals surface area contributed by atoms with Gasteiger partial charge in [0.15, 0.2) is 5.65 Å². The third-order valence-electron chi connectivity index (χ3n) is 5.57. The van der Waals surface area contributed by atoms with Crippen LogP contribution in [0.15, 0.2) is 36.7 Å². The van der Waals surface area contributed by atoms with Gasteiger partial charge in [-0.05, 0) is 57.0 Å². The zero-order valence-electron chi connectivity index (χ0n) is 17.6. The molecule has 0 aliphatic carbocycles. The van der Waals surface area contributed by atoms with Crippen LogP contribution in [0.4, 0.5) is 20.3 Å². The molecule has 1 fully saturated rings. The molecule has 2 N–H and O–H groups in total. The summed E-state index contributed by atoms with van der Waals surface area (Å²) in [4.78, 5) is 19.2. The molecular weight excluding hydrogens is 402 g/mol. The molecule has 3 heterocycles. The molecule has 1 unspecified atom stereocenters. The molecule has 2 atom stereocenters. The van der Waals surface area contributed by atoms with Gasteiger partial charge in [0.25, 0.3) is 0 Å². The lowest BCUT2D eigenvalue weighted by molar-refractivity contribution is -0.117. The number of aromatic nitrogens is 3. The first-order chi connectivity index (χ1) is 15.0. The van der Waals surface area contributed by atoms with Crippen molar-refractivity contribution in [2.75, 3.05) is 23.3 Å². The van der Waals surface area contributed by atoms with Crippen molar-refractivity contribution in [2.45, 2.75) is 45.2 Å². The second-order valence-corrected chi connectivity index (χ2v) is 7.79. The van der Waals surface area contributed by atoms with Gasteiger partial charge in [0.05, 0.1) is 18.3 Å². The molecule has 1 aromatic carbocycles. The van der Waals surface area contributed by atoms with Gasteiger partial charge in [0, 0.05) is 18.3 Å². The Kier molecular flexibility index (Phi) is 6.13. The van der Waals surface area contributed by atoms with E-state index in [0.29, 0.717) is 35.7 Å². The van der Waals surface area contributed by atoms with Crippen LogP contribution >= 0.6 is 0 Å². The van der Waals surface area contributed by atoms with Crippen molar-refractivity contribution < 1.29 is 13.6 Å². The molecule has 7 nitrogen and oxygen atoms in total. The molecule has 4 rings (SSSR count). The number of halogens is 2. The molecule has 1 aliphatic rings. The minimum atomic E-state index is -0.460. The first-order valence-electron chi connectivity index (χ1n) is 10.6. The minimum absolute atomic E-state index is 0.170. The molecule has 9 heteroatoms. The van der Waals surface area contributed by atoms with Gasteiger partial charge < -0.3 is 15.5 Å². The highest BCUT2D eigenvalue weighted by Gasteiger charge is 2.30. The van der Waals surface area contributed by atoms with Gasteiger partial charge in [-0.2, -0.15) is 5.10 Å². The van der Waals surface area contributed by atoms with Crippen molar-refractivity contribution in [3.05, 3.63) is 53.9 Å². The molecule has 0 spiro atoms. The Morgan fingerprint density at radius 1 is 1.32 bits per heavy atom. The highest BCUT2D eigenvalue weighted by molar-refractivity contribution is 5.97. The van der Waals surface area contributed by atoms with E-state index in [4.69, 9.17) is 4.98 Å². The number of amides is 1. The van der Waals surface area contributed by atoms with Gasteiger partial charge in [-0.1, -0.05) is 6.92 Å². The quantitative estimate of drug-likeness (QED) is 0.601. The predicted octanol–water partition coefficient (Wildman–Crippen LogP) is 3.68. The summed E-state index contributed by atoms with van der Waals surface area (Å²) in [5, 5.41) is 10.3. The highest BCUT2D eigenvalue weighted by atomic mass is 19.1. The Balaban J connectivity index is 1.61. The topological polar surface area (TPSA) is 74.6 Å². The minimum Gasteiger partial charge on any atom is -0.349 e. The van der Waals surface area contributed by atoms with E-state index in [-0.39, 0.29) is 18.0 Å². The third-order valence-corrected chi connectivity index (χ3v) is 5.57. The maximum absolute atomic E-state index is 14.4. The monoisotopic (exact) mass is 428 g/mol. The number of nitrogens with one attached hydrogen (secondary N) is 2. The Labute approximate surface area is 179 Å². The van der Waals surface area contributed by atoms with Gasteiger partial charge >= 0.3 is 0 Å². The smallest absolute Gasteiger partial charge is 0.241 e. The number of nitrogens with zero attached hydrogens (tertiary/aromatic N) is 4. The number of anilines is 2. The Hall–Kier alpha value is -3.07. The van der Waals surface area contributed by atoms with E-state index in [1.54, 1.807) is 29.9 Å². The van der Waals surface area contributed by atoms with E-state index >= 15 is 0 Å². The summed E-state index contributed by atoms with van der Waals surface area (Å²) < 4.78 is 29.7. The number of benzene rings is 1. The van der Waals surface area contributed by atoms with Crippen molar-refractivity contribution in [2.24, 2.45) is 0 Å². The number of carbonyl (C=O) groups excluding carboxylic acids is 1. The summed E-state index contributed by atoms with van der Waals surface area (Å²) in [6.07, 6.45) is 5.80. The van der Waals surface area contributed by atoms with E-state index in [1.165, 1.54) is 6.07 Å². The van der Waals surface area contributed by atoms with Crippen LogP contribution in [0.2, 0.25) is 0 Å². The van der Waals surface area contributed by atoms with Crippen LogP contribution in [-0.4, -0.2) is 39.6 Å². The van der Waals surface area contributed by atoms with Crippen LogP contribution in [0, 0.1) is 11.6 Å². The van der Waals surface area contributed by atoms with Crippen molar-refractivity contribution in [3.63, 3.8) is 0 Å². The van der Waals surface area contributed by atoms with Gasteiger partial charge in [-0.25, -0.2) is 18.3 Å². The second kappa shape index (κ2) is 8.97. The van der Waals surface area contributed by atoms with E-state index < -0.39 is 11.6 Å². The fourth-order valence-corrected chi connectivity index (χ4v) is 3.94. The first kappa shape index (κ1) is 21.2. The molecule has 0 bridgehead atoms. The fourth-order valence-electron chi connectivity index (χ4n) is 3.94. The second-order valence-electron chi connectivity index (χ2n) is 7.79. The third kappa shape index (κ3) is 4.36. The number of carbonyl (C=O) groups is 1. The van der Waals surface area contributed by atoms with Crippen LogP contribution in [-0.2, 0) is 4.79 Å². The summed E-state index contributed by atoms with van der Waals surface area (Å²) in [5.41, 5.74) is 1.33. The summed E-state index contributed by atoms with van der Waals surface area (Å²) in [7, 11) is 0. The van der Waals surface area contributed by atoms with Gasteiger partial charge in [-0.15, -0.1) is 0 Å². The summed E-state index contributed by atoms with van der Waals surface area (Å²) >= 11 is 0. The molecule has 0 radical (unpaired) electrons. The summed E-state index contributed by atoms with van der Waals surface area (Å²) in [6.45, 7) is 5.27. The first-order valence-corrected chi connectivity index (χ1v) is 10.6. The lowest BCUT2D eigenvalue weighted by Gasteiger charge is -2.26. The number of hydrogen-bond donors (Lipinski definition) is 2. The van der Waals surface area contributed by atoms with Crippen molar-refractivity contribution in [1.29, 1.82) is 0 Å². The summed E-state index contributed by atoms with van der Waals surface area (Å²) in [6, 6.07) is 4.69. The molecule has 3 aromatic rings. The maximum atomic E-state index is 14.4. The lowest BCUT2D eigenvalue weighted by Crippen LogP contribution is -2.38. The SMILES string of the molecule is CCCNC(C)C(=O)Nc1cnn2ccc(N3CCC[C@@H]3c3cc(F)ccc3F)nc12. The maximum Gasteiger partial charge on any atom is 0.241 e. The van der Waals surface area contributed by atoms with Gasteiger partial charge in [0.1, 0.15) is 23.1 Å². The molecule has 164 valence electrons. The van der Waals surface area contributed by atoms with Crippen molar-refractivity contribution in [3.8, 4) is 0 Å². The molecule has 0 saturated carbocycles. The van der Waals surface area contributed by atoms with E-state index in [0.717, 1.165) is 31.5 Å².